The molecule has 4 atom stereocenters. The molecule has 12 nitrogen and oxygen atoms in total. The number of hydrogen-bond donors (Lipinski definition) is 4. The van der Waals surface area contributed by atoms with Crippen LogP contribution in [0.1, 0.15) is 174 Å². The van der Waals surface area contributed by atoms with E-state index in [0.717, 1.165) is 57.8 Å². The average molecular weight is 802 g/mol. The average Bonchev–Trinajstić information content (AvgIpc) is 3.15. The Kier molecular flexibility index (Phi) is 35.7. The molecule has 320 valence electrons. The lowest BCUT2D eigenvalue weighted by atomic mass is 10.0. The van der Waals surface area contributed by atoms with Crippen molar-refractivity contribution in [3.05, 3.63) is 36.5 Å². The number of ether oxygens (including phenoxy) is 2. The Labute approximate surface area is 332 Å². The number of phosphoric ester groups is 1. The first kappa shape index (κ1) is 52.7. The Morgan fingerprint density at radius 2 is 1.16 bits per heavy atom. The summed E-state index contributed by atoms with van der Waals surface area (Å²) in [5.41, 5.74) is 5.32. The Morgan fingerprint density at radius 1 is 0.655 bits per heavy atom. The van der Waals surface area contributed by atoms with Crippen molar-refractivity contribution in [3.8, 4) is 0 Å². The standard InChI is InChI=1S/C42H76NO11P/c1-3-5-7-8-9-10-11-12-13-14-15-18-22-25-29-33-41(46)54-38(35-52-55(49,50)53-36-39(43)42(47)48)34-51-40(45)32-28-24-21-19-16-17-20-23-27-31-37(44)30-26-6-4-2/h6,20,23,26-27,31,37-39,44H,3-5,7-19,21-22,24-25,28-30,32-36,43H2,1-2H3,(H,47,48)(H,49,50)/b23-20+,26-6+,31-27+/t37?,38-,39+/m1/s1. The largest absolute Gasteiger partial charge is 0.480 e. The van der Waals surface area contributed by atoms with E-state index in [2.05, 4.69) is 24.4 Å². The second-order valence-corrected chi connectivity index (χ2v) is 15.8. The highest BCUT2D eigenvalue weighted by atomic mass is 31.2. The van der Waals surface area contributed by atoms with Crippen LogP contribution in [-0.2, 0) is 37.5 Å². The fourth-order valence-corrected chi connectivity index (χ4v) is 6.41. The predicted octanol–water partition coefficient (Wildman–Crippen LogP) is 9.81. The number of carboxylic acid groups (broad SMARTS) is 1. The molecular weight excluding hydrogens is 725 g/mol. The minimum absolute atomic E-state index is 0.149. The van der Waals surface area contributed by atoms with Gasteiger partial charge in [-0.1, -0.05) is 159 Å². The molecule has 0 aromatic heterocycles. The lowest BCUT2D eigenvalue weighted by Crippen LogP contribution is -2.34. The van der Waals surface area contributed by atoms with Crippen LogP contribution in [0.15, 0.2) is 36.5 Å². The molecule has 0 heterocycles. The number of phosphoric acid groups is 1. The van der Waals surface area contributed by atoms with Crippen molar-refractivity contribution in [2.45, 2.75) is 193 Å². The van der Waals surface area contributed by atoms with Crippen LogP contribution < -0.4 is 5.73 Å². The number of nitrogens with two attached hydrogens (primary N) is 1. The number of esters is 2. The van der Waals surface area contributed by atoms with Crippen molar-refractivity contribution in [2.75, 3.05) is 19.8 Å². The summed E-state index contributed by atoms with van der Waals surface area (Å²) >= 11 is 0. The van der Waals surface area contributed by atoms with Gasteiger partial charge in [0, 0.05) is 12.8 Å². The molecule has 0 rings (SSSR count). The molecule has 0 fully saturated rings. The predicted molar refractivity (Wildman–Crippen MR) is 218 cm³/mol. The number of unbranched alkanes of at least 4 members (excludes halogenated alkanes) is 19. The summed E-state index contributed by atoms with van der Waals surface area (Å²) in [7, 11) is -4.73. The van der Waals surface area contributed by atoms with E-state index in [9.17, 15) is 28.9 Å². The van der Waals surface area contributed by atoms with E-state index in [1.807, 2.05) is 24.3 Å². The summed E-state index contributed by atoms with van der Waals surface area (Å²) in [4.78, 5) is 45.9. The molecule has 0 saturated carbocycles. The third-order valence-electron chi connectivity index (χ3n) is 8.98. The van der Waals surface area contributed by atoms with Crippen LogP contribution in [0.3, 0.4) is 0 Å². The number of aliphatic carboxylic acids is 1. The molecular formula is C42H76NO11P. The SMILES string of the molecule is CC/C=C/CC(O)/C=C/C=C/CCCCCCCC(=O)OC[C@H](COP(=O)(O)OC[C@H](N)C(=O)O)OC(=O)CCCCCCCCCCCCCCCCC. The van der Waals surface area contributed by atoms with Gasteiger partial charge in [0.05, 0.1) is 19.3 Å². The molecule has 0 amide bonds. The molecule has 0 aliphatic heterocycles. The van der Waals surface area contributed by atoms with Gasteiger partial charge in [0.2, 0.25) is 0 Å². The molecule has 0 radical (unpaired) electrons. The molecule has 0 spiro atoms. The first-order valence-electron chi connectivity index (χ1n) is 21.1. The maximum absolute atomic E-state index is 12.6. The van der Waals surface area contributed by atoms with E-state index >= 15 is 0 Å². The second-order valence-electron chi connectivity index (χ2n) is 14.3. The minimum Gasteiger partial charge on any atom is -0.480 e. The number of hydrogen-bond acceptors (Lipinski definition) is 10. The van der Waals surface area contributed by atoms with Crippen molar-refractivity contribution in [1.29, 1.82) is 0 Å². The summed E-state index contributed by atoms with van der Waals surface area (Å²) in [6.07, 6.45) is 35.4. The van der Waals surface area contributed by atoms with E-state index < -0.39 is 57.2 Å². The first-order valence-corrected chi connectivity index (χ1v) is 22.6. The fraction of sp³-hybridized carbons (Fsp3) is 0.786. The molecule has 13 heteroatoms. The summed E-state index contributed by atoms with van der Waals surface area (Å²) < 4.78 is 32.6. The number of aliphatic hydroxyl groups excluding tert-OH is 1. The molecule has 5 N–H and O–H groups in total. The van der Waals surface area contributed by atoms with E-state index in [1.165, 1.54) is 70.6 Å². The van der Waals surface area contributed by atoms with Gasteiger partial charge < -0.3 is 30.3 Å². The molecule has 0 bridgehead atoms. The van der Waals surface area contributed by atoms with Gasteiger partial charge in [-0.05, 0) is 38.5 Å². The van der Waals surface area contributed by atoms with Crippen LogP contribution in [0.4, 0.5) is 0 Å². The summed E-state index contributed by atoms with van der Waals surface area (Å²) in [6, 6.07) is -1.53. The summed E-state index contributed by atoms with van der Waals surface area (Å²) in [5, 5.41) is 18.7. The molecule has 0 saturated heterocycles. The normalized spacial score (nSPS) is 14.7. The Hall–Kier alpha value is -2.34. The number of allylic oxidation sites excluding steroid dienone is 4. The smallest absolute Gasteiger partial charge is 0.472 e. The van der Waals surface area contributed by atoms with Crippen molar-refractivity contribution in [2.24, 2.45) is 5.73 Å². The van der Waals surface area contributed by atoms with Gasteiger partial charge in [0.25, 0.3) is 0 Å². The number of carbonyl (C=O) groups excluding carboxylic acids is 2. The van der Waals surface area contributed by atoms with Crippen molar-refractivity contribution in [3.63, 3.8) is 0 Å². The van der Waals surface area contributed by atoms with E-state index in [1.54, 1.807) is 6.08 Å². The second kappa shape index (κ2) is 37.2. The molecule has 2 unspecified atom stereocenters. The van der Waals surface area contributed by atoms with Crippen LogP contribution in [-0.4, -0.2) is 71.1 Å². The Morgan fingerprint density at radius 3 is 1.71 bits per heavy atom. The molecule has 0 aliphatic rings. The van der Waals surface area contributed by atoms with Crippen LogP contribution in [0.25, 0.3) is 0 Å². The maximum Gasteiger partial charge on any atom is 0.472 e. The monoisotopic (exact) mass is 802 g/mol. The Balaban J connectivity index is 4.43. The molecule has 0 aromatic carbocycles. The summed E-state index contributed by atoms with van der Waals surface area (Å²) in [6.45, 7) is 2.56. The van der Waals surface area contributed by atoms with Gasteiger partial charge >= 0.3 is 25.7 Å². The van der Waals surface area contributed by atoms with Crippen molar-refractivity contribution in [1.82, 2.24) is 0 Å². The number of carboxylic acids is 1. The fourth-order valence-electron chi connectivity index (χ4n) is 5.63. The van der Waals surface area contributed by atoms with E-state index in [4.69, 9.17) is 24.8 Å². The van der Waals surface area contributed by atoms with Crippen molar-refractivity contribution < 1.29 is 52.6 Å². The number of rotatable bonds is 39. The number of aliphatic hydroxyl groups is 1. The lowest BCUT2D eigenvalue weighted by molar-refractivity contribution is -0.161. The third kappa shape index (κ3) is 37.0. The zero-order valence-electron chi connectivity index (χ0n) is 34.1. The Bertz CT molecular complexity index is 1100. The maximum atomic E-state index is 12.6. The van der Waals surface area contributed by atoms with Gasteiger partial charge in [-0.15, -0.1) is 0 Å². The van der Waals surface area contributed by atoms with Gasteiger partial charge in [-0.25, -0.2) is 4.57 Å². The zero-order valence-corrected chi connectivity index (χ0v) is 35.0. The van der Waals surface area contributed by atoms with Gasteiger partial charge in [-0.3, -0.25) is 23.4 Å². The van der Waals surface area contributed by atoms with E-state index in [-0.39, 0.29) is 19.4 Å². The first-order chi connectivity index (χ1) is 26.5. The van der Waals surface area contributed by atoms with Gasteiger partial charge in [0.15, 0.2) is 6.10 Å². The lowest BCUT2D eigenvalue weighted by Gasteiger charge is -2.20. The topological polar surface area (TPSA) is 192 Å². The van der Waals surface area contributed by atoms with Gasteiger partial charge in [0.1, 0.15) is 12.6 Å². The highest BCUT2D eigenvalue weighted by molar-refractivity contribution is 7.47. The van der Waals surface area contributed by atoms with Gasteiger partial charge in [-0.2, -0.15) is 0 Å². The minimum atomic E-state index is -4.73. The number of carbonyl (C=O) groups is 3. The third-order valence-corrected chi connectivity index (χ3v) is 9.93. The molecule has 0 aromatic rings. The molecule has 55 heavy (non-hydrogen) atoms. The van der Waals surface area contributed by atoms with Crippen LogP contribution in [0.2, 0.25) is 0 Å². The van der Waals surface area contributed by atoms with Crippen molar-refractivity contribution >= 4 is 25.7 Å². The van der Waals surface area contributed by atoms with Crippen LogP contribution in [0, 0.1) is 0 Å². The zero-order chi connectivity index (χ0) is 40.8. The quantitative estimate of drug-likeness (QED) is 0.0151. The van der Waals surface area contributed by atoms with Crippen LogP contribution in [0.5, 0.6) is 0 Å². The van der Waals surface area contributed by atoms with Crippen LogP contribution >= 0.6 is 7.82 Å². The molecule has 0 aliphatic carbocycles. The highest BCUT2D eigenvalue weighted by Gasteiger charge is 2.28. The highest BCUT2D eigenvalue weighted by Crippen LogP contribution is 2.43. The summed E-state index contributed by atoms with van der Waals surface area (Å²) in [5.74, 6) is -2.44. The van der Waals surface area contributed by atoms with E-state index in [0.29, 0.717) is 19.3 Å².